The molecule has 4 N–H and O–H groups in total. The van der Waals surface area contributed by atoms with E-state index < -0.39 is 0 Å². The minimum Gasteiger partial charge on any atom is -0.446 e. The third-order valence-corrected chi connectivity index (χ3v) is 3.75. The van der Waals surface area contributed by atoms with Gasteiger partial charge in [-0.25, -0.2) is 4.79 Å². The van der Waals surface area contributed by atoms with Gasteiger partial charge in [-0.3, -0.25) is 0 Å². The van der Waals surface area contributed by atoms with Gasteiger partial charge in [-0.1, -0.05) is 12.1 Å². The Morgan fingerprint density at radius 3 is 2.41 bits per heavy atom. The van der Waals surface area contributed by atoms with E-state index in [0.717, 1.165) is 37.1 Å². The number of carbonyl (C=O) groups is 1. The molecule has 1 aliphatic rings. The second-order valence-corrected chi connectivity index (χ2v) is 6.99. The Hall–Kier alpha value is -1.91. The summed E-state index contributed by atoms with van der Waals surface area (Å²) in [4.78, 5) is 11.8. The van der Waals surface area contributed by atoms with Crippen molar-refractivity contribution in [1.82, 2.24) is 5.32 Å². The Balaban J connectivity index is 1.76. The third-order valence-electron chi connectivity index (χ3n) is 3.75. The van der Waals surface area contributed by atoms with Gasteiger partial charge >= 0.3 is 6.09 Å². The van der Waals surface area contributed by atoms with Gasteiger partial charge < -0.3 is 21.1 Å². The smallest absolute Gasteiger partial charge is 0.407 e. The highest BCUT2D eigenvalue weighted by molar-refractivity contribution is 5.68. The minimum atomic E-state index is -0.323. The number of nitrogens with two attached hydrogens (primary N) is 1. The van der Waals surface area contributed by atoms with Gasteiger partial charge in [-0.05, 0) is 58.6 Å². The molecule has 1 fully saturated rings. The minimum absolute atomic E-state index is 0.00789. The van der Waals surface area contributed by atoms with Crippen LogP contribution in [-0.4, -0.2) is 23.8 Å². The van der Waals surface area contributed by atoms with Crippen LogP contribution in [0, 0.1) is 0 Å². The second kappa shape index (κ2) is 6.90. The fraction of sp³-hybridized carbons (Fsp3) is 0.588. The Labute approximate surface area is 132 Å². The summed E-state index contributed by atoms with van der Waals surface area (Å²) in [5.74, 6) is 0. The van der Waals surface area contributed by atoms with Crippen LogP contribution in [0.4, 0.5) is 16.2 Å². The Kier molecular flexibility index (Phi) is 5.16. The molecule has 0 radical (unpaired) electrons. The van der Waals surface area contributed by atoms with Crippen molar-refractivity contribution in [2.75, 3.05) is 11.1 Å². The van der Waals surface area contributed by atoms with Gasteiger partial charge in [0.15, 0.2) is 0 Å². The summed E-state index contributed by atoms with van der Waals surface area (Å²) in [7, 11) is 0. The number of nitrogen functional groups attached to an aromatic ring is 1. The zero-order valence-corrected chi connectivity index (χ0v) is 13.7. The monoisotopic (exact) mass is 305 g/mol. The van der Waals surface area contributed by atoms with Gasteiger partial charge in [0.05, 0.1) is 11.4 Å². The molecule has 1 saturated carbocycles. The molecule has 22 heavy (non-hydrogen) atoms. The molecule has 122 valence electrons. The van der Waals surface area contributed by atoms with Crippen LogP contribution in [0.5, 0.6) is 0 Å². The first-order chi connectivity index (χ1) is 10.3. The van der Waals surface area contributed by atoms with Gasteiger partial charge in [0.2, 0.25) is 0 Å². The van der Waals surface area contributed by atoms with Crippen LogP contribution in [0.25, 0.3) is 0 Å². The molecule has 0 atom stereocenters. The van der Waals surface area contributed by atoms with Crippen LogP contribution in [0.2, 0.25) is 0 Å². The standard InChI is InChI=1S/C17H27N3O2/c1-17(2,3)20-16(21)22-13-10-8-12(9-11-13)19-15-7-5-4-6-14(15)18/h4-7,12-13,19H,8-11,18H2,1-3H3,(H,20,21). The number of hydrogen-bond acceptors (Lipinski definition) is 4. The number of alkyl carbamates (subject to hydrolysis) is 1. The largest absolute Gasteiger partial charge is 0.446 e. The van der Waals surface area contributed by atoms with Crippen molar-refractivity contribution in [2.24, 2.45) is 0 Å². The average Bonchev–Trinajstić information content (AvgIpc) is 2.41. The predicted molar refractivity (Wildman–Crippen MR) is 89.9 cm³/mol. The zero-order valence-electron chi connectivity index (χ0n) is 13.7. The number of carbonyl (C=O) groups excluding carboxylic acids is 1. The summed E-state index contributed by atoms with van der Waals surface area (Å²) in [6, 6.07) is 8.18. The summed E-state index contributed by atoms with van der Waals surface area (Å²) in [6.07, 6.45) is 3.39. The number of hydrogen-bond donors (Lipinski definition) is 3. The number of para-hydroxylation sites is 2. The Bertz CT molecular complexity index is 503. The van der Waals surface area contributed by atoms with Crippen molar-refractivity contribution in [3.05, 3.63) is 24.3 Å². The Morgan fingerprint density at radius 2 is 1.82 bits per heavy atom. The third kappa shape index (κ3) is 5.13. The highest BCUT2D eigenvalue weighted by Crippen LogP contribution is 2.26. The van der Waals surface area contributed by atoms with Crippen molar-refractivity contribution < 1.29 is 9.53 Å². The second-order valence-electron chi connectivity index (χ2n) is 6.99. The number of benzene rings is 1. The lowest BCUT2D eigenvalue weighted by molar-refractivity contribution is 0.0682. The first-order valence-corrected chi connectivity index (χ1v) is 7.93. The molecule has 0 unspecified atom stereocenters. The molecule has 1 amide bonds. The maximum absolute atomic E-state index is 11.8. The van der Waals surface area contributed by atoms with E-state index in [0.29, 0.717) is 6.04 Å². The molecule has 2 rings (SSSR count). The van der Waals surface area contributed by atoms with E-state index in [1.54, 1.807) is 0 Å². The van der Waals surface area contributed by atoms with E-state index in [4.69, 9.17) is 10.5 Å². The van der Waals surface area contributed by atoms with Crippen molar-refractivity contribution in [3.8, 4) is 0 Å². The molecule has 0 spiro atoms. The summed E-state index contributed by atoms with van der Waals surface area (Å²) >= 11 is 0. The molecule has 1 aliphatic carbocycles. The summed E-state index contributed by atoms with van der Waals surface area (Å²) in [5.41, 5.74) is 7.44. The fourth-order valence-corrected chi connectivity index (χ4v) is 2.66. The molecule has 1 aromatic rings. The first kappa shape index (κ1) is 16.5. The molecule has 0 heterocycles. The fourth-order valence-electron chi connectivity index (χ4n) is 2.66. The zero-order chi connectivity index (χ0) is 16.2. The van der Waals surface area contributed by atoms with Crippen LogP contribution in [0.3, 0.4) is 0 Å². The molecular weight excluding hydrogens is 278 g/mol. The van der Waals surface area contributed by atoms with Crippen LogP contribution < -0.4 is 16.4 Å². The van der Waals surface area contributed by atoms with Crippen molar-refractivity contribution in [2.45, 2.75) is 64.1 Å². The van der Waals surface area contributed by atoms with Gasteiger partial charge in [0.1, 0.15) is 6.10 Å². The highest BCUT2D eigenvalue weighted by Gasteiger charge is 2.25. The number of ether oxygens (including phenoxy) is 1. The molecule has 0 saturated heterocycles. The number of rotatable bonds is 3. The quantitative estimate of drug-likeness (QED) is 0.747. The number of nitrogens with one attached hydrogen (secondary N) is 2. The maximum atomic E-state index is 11.8. The predicted octanol–water partition coefficient (Wildman–Crippen LogP) is 3.52. The maximum Gasteiger partial charge on any atom is 0.407 e. The normalized spacial score (nSPS) is 22.0. The molecule has 1 aromatic carbocycles. The van der Waals surface area contributed by atoms with E-state index >= 15 is 0 Å². The van der Waals surface area contributed by atoms with Crippen molar-refractivity contribution in [3.63, 3.8) is 0 Å². The molecule has 0 aromatic heterocycles. The van der Waals surface area contributed by atoms with Gasteiger partial charge in [-0.15, -0.1) is 0 Å². The van der Waals surface area contributed by atoms with E-state index in [1.165, 1.54) is 0 Å². The summed E-state index contributed by atoms with van der Waals surface area (Å²) < 4.78 is 5.49. The van der Waals surface area contributed by atoms with E-state index in [2.05, 4.69) is 10.6 Å². The van der Waals surface area contributed by atoms with Crippen molar-refractivity contribution in [1.29, 1.82) is 0 Å². The molecular formula is C17H27N3O2. The molecule has 5 nitrogen and oxygen atoms in total. The lowest BCUT2D eigenvalue weighted by Gasteiger charge is -2.30. The van der Waals surface area contributed by atoms with E-state index in [1.807, 2.05) is 45.0 Å². The topological polar surface area (TPSA) is 76.4 Å². The van der Waals surface area contributed by atoms with Gasteiger partial charge in [-0.2, -0.15) is 0 Å². The molecule has 5 heteroatoms. The van der Waals surface area contributed by atoms with Crippen LogP contribution >= 0.6 is 0 Å². The number of amides is 1. The van der Waals surface area contributed by atoms with Crippen LogP contribution in [0.1, 0.15) is 46.5 Å². The van der Waals surface area contributed by atoms with Crippen LogP contribution in [0.15, 0.2) is 24.3 Å². The average molecular weight is 305 g/mol. The summed E-state index contributed by atoms with van der Waals surface area (Å²) in [5, 5.41) is 6.31. The van der Waals surface area contributed by atoms with Crippen molar-refractivity contribution >= 4 is 17.5 Å². The van der Waals surface area contributed by atoms with Gasteiger partial charge in [0, 0.05) is 11.6 Å². The summed E-state index contributed by atoms with van der Waals surface area (Å²) in [6.45, 7) is 5.83. The lowest BCUT2D eigenvalue weighted by atomic mass is 9.92. The highest BCUT2D eigenvalue weighted by atomic mass is 16.6. The molecule has 0 bridgehead atoms. The molecule has 0 aliphatic heterocycles. The number of anilines is 2. The van der Waals surface area contributed by atoms with E-state index in [9.17, 15) is 4.79 Å². The van der Waals surface area contributed by atoms with E-state index in [-0.39, 0.29) is 17.7 Å². The first-order valence-electron chi connectivity index (χ1n) is 7.93. The van der Waals surface area contributed by atoms with Gasteiger partial charge in [0.25, 0.3) is 0 Å². The lowest BCUT2D eigenvalue weighted by Crippen LogP contribution is -2.43. The SMILES string of the molecule is CC(C)(C)NC(=O)OC1CCC(Nc2ccccc2N)CC1. The Morgan fingerprint density at radius 1 is 1.18 bits per heavy atom. The van der Waals surface area contributed by atoms with Crippen LogP contribution in [-0.2, 0) is 4.74 Å².